The van der Waals surface area contributed by atoms with Gasteiger partial charge in [0.1, 0.15) is 0 Å². The average molecular weight is 186 g/mol. The lowest BCUT2D eigenvalue weighted by Crippen LogP contribution is -2.57. The zero-order valence-corrected chi connectivity index (χ0v) is 8.97. The maximum absolute atomic E-state index is 5.75. The molecular weight excluding hydrogens is 164 g/mol. The van der Waals surface area contributed by atoms with Crippen LogP contribution in [0.1, 0.15) is 26.7 Å². The topological polar surface area (TPSA) is 47.3 Å². The molecule has 3 N–H and O–H groups in total. The average Bonchev–Trinajstić information content (AvgIpc) is 2.96. The molecular formula is C10H22N2O. The molecule has 0 radical (unpaired) electrons. The van der Waals surface area contributed by atoms with E-state index in [0.717, 1.165) is 12.5 Å². The van der Waals surface area contributed by atoms with Gasteiger partial charge in [-0.3, -0.25) is 0 Å². The third-order valence-electron chi connectivity index (χ3n) is 3.17. The third-order valence-corrected chi connectivity index (χ3v) is 3.17. The number of hydrogen-bond donors (Lipinski definition) is 2. The molecule has 0 amide bonds. The second-order valence-electron chi connectivity index (χ2n) is 4.32. The molecule has 2 atom stereocenters. The summed E-state index contributed by atoms with van der Waals surface area (Å²) in [6, 6.07) is 0. The van der Waals surface area contributed by atoms with Crippen molar-refractivity contribution in [1.29, 1.82) is 0 Å². The molecule has 0 heterocycles. The molecule has 0 aromatic carbocycles. The number of nitrogens with one attached hydrogen (secondary N) is 1. The molecule has 0 aromatic heterocycles. The lowest BCUT2D eigenvalue weighted by molar-refractivity contribution is 0.0416. The van der Waals surface area contributed by atoms with E-state index in [1.807, 2.05) is 0 Å². The quantitative estimate of drug-likeness (QED) is 0.643. The summed E-state index contributed by atoms with van der Waals surface area (Å²) < 4.78 is 5.32. The van der Waals surface area contributed by atoms with Crippen LogP contribution in [0, 0.1) is 5.92 Å². The molecule has 1 aliphatic carbocycles. The molecule has 1 fully saturated rings. The van der Waals surface area contributed by atoms with Crippen molar-refractivity contribution in [2.45, 2.75) is 38.3 Å². The Labute approximate surface area is 81.0 Å². The van der Waals surface area contributed by atoms with Gasteiger partial charge in [0.25, 0.3) is 0 Å². The third kappa shape index (κ3) is 2.93. The van der Waals surface area contributed by atoms with Gasteiger partial charge in [-0.2, -0.15) is 0 Å². The van der Waals surface area contributed by atoms with Crippen LogP contribution in [-0.2, 0) is 4.74 Å². The monoisotopic (exact) mass is 186 g/mol. The molecule has 78 valence electrons. The summed E-state index contributed by atoms with van der Waals surface area (Å²) in [4.78, 5) is 0. The Morgan fingerprint density at radius 1 is 1.62 bits per heavy atom. The van der Waals surface area contributed by atoms with Crippen molar-refractivity contribution in [3.8, 4) is 0 Å². The van der Waals surface area contributed by atoms with E-state index in [4.69, 9.17) is 10.5 Å². The van der Waals surface area contributed by atoms with Gasteiger partial charge in [0.2, 0.25) is 0 Å². The minimum atomic E-state index is -0.0721. The first kappa shape index (κ1) is 11.0. The smallest absolute Gasteiger partial charge is 0.0734 e. The van der Waals surface area contributed by atoms with Crippen molar-refractivity contribution in [3.63, 3.8) is 0 Å². The predicted molar refractivity (Wildman–Crippen MR) is 54.7 cm³/mol. The van der Waals surface area contributed by atoms with Crippen LogP contribution in [0.15, 0.2) is 0 Å². The first-order valence-electron chi connectivity index (χ1n) is 5.10. The molecule has 0 saturated heterocycles. The minimum absolute atomic E-state index is 0.0721. The Bertz CT molecular complexity index is 159. The lowest BCUT2D eigenvalue weighted by atomic mass is 9.95. The zero-order valence-electron chi connectivity index (χ0n) is 8.97. The van der Waals surface area contributed by atoms with Gasteiger partial charge in [-0.25, -0.2) is 0 Å². The fraction of sp³-hybridized carbons (Fsp3) is 1.00. The highest BCUT2D eigenvalue weighted by molar-refractivity contribution is 4.92. The van der Waals surface area contributed by atoms with Crippen molar-refractivity contribution >= 4 is 0 Å². The Morgan fingerprint density at radius 2 is 2.23 bits per heavy atom. The summed E-state index contributed by atoms with van der Waals surface area (Å²) in [5.41, 5.74) is 5.68. The molecule has 0 aliphatic heterocycles. The van der Waals surface area contributed by atoms with Crippen molar-refractivity contribution in [2.24, 2.45) is 11.7 Å². The zero-order chi connectivity index (χ0) is 9.90. The van der Waals surface area contributed by atoms with Gasteiger partial charge in [-0.05, 0) is 39.2 Å². The van der Waals surface area contributed by atoms with Crippen LogP contribution in [0.25, 0.3) is 0 Å². The van der Waals surface area contributed by atoms with Crippen molar-refractivity contribution in [3.05, 3.63) is 0 Å². The van der Waals surface area contributed by atoms with Gasteiger partial charge >= 0.3 is 0 Å². The summed E-state index contributed by atoms with van der Waals surface area (Å²) in [6.07, 6.45) is 2.90. The van der Waals surface area contributed by atoms with Crippen molar-refractivity contribution in [2.75, 3.05) is 20.2 Å². The summed E-state index contributed by atoms with van der Waals surface area (Å²) in [6.45, 7) is 5.90. The lowest BCUT2D eigenvalue weighted by Gasteiger charge is -2.34. The molecule has 0 aromatic rings. The molecule has 3 nitrogen and oxygen atoms in total. The molecule has 2 unspecified atom stereocenters. The summed E-state index contributed by atoms with van der Waals surface area (Å²) in [5.74, 6) is 0.884. The van der Waals surface area contributed by atoms with E-state index in [-0.39, 0.29) is 11.6 Å². The molecule has 3 heteroatoms. The molecule has 13 heavy (non-hydrogen) atoms. The highest BCUT2D eigenvalue weighted by Gasteiger charge is 2.32. The molecule has 0 bridgehead atoms. The molecule has 1 aliphatic rings. The van der Waals surface area contributed by atoms with Crippen LogP contribution >= 0.6 is 0 Å². The number of hydrogen-bond acceptors (Lipinski definition) is 3. The van der Waals surface area contributed by atoms with Crippen LogP contribution < -0.4 is 11.1 Å². The standard InChI is InChI=1S/C10H22N2O/c1-8(13-3)10(2,7-11)12-6-9-4-5-9/h8-9,12H,4-7,11H2,1-3H3. The number of nitrogens with two attached hydrogens (primary N) is 1. The SMILES string of the molecule is COC(C)C(C)(CN)NCC1CC1. The highest BCUT2D eigenvalue weighted by Crippen LogP contribution is 2.28. The van der Waals surface area contributed by atoms with E-state index >= 15 is 0 Å². The maximum Gasteiger partial charge on any atom is 0.0734 e. The number of methoxy groups -OCH3 is 1. The van der Waals surface area contributed by atoms with Crippen LogP contribution in [0.2, 0.25) is 0 Å². The van der Waals surface area contributed by atoms with Crippen LogP contribution in [0.5, 0.6) is 0 Å². The second kappa shape index (κ2) is 4.40. The Balaban J connectivity index is 2.35. The molecule has 1 saturated carbocycles. The van der Waals surface area contributed by atoms with Crippen LogP contribution in [-0.4, -0.2) is 31.8 Å². The van der Waals surface area contributed by atoms with E-state index in [1.54, 1.807) is 7.11 Å². The maximum atomic E-state index is 5.75. The normalized spacial score (nSPS) is 24.0. The van der Waals surface area contributed by atoms with Gasteiger partial charge in [0.15, 0.2) is 0 Å². The minimum Gasteiger partial charge on any atom is -0.380 e. The highest BCUT2D eigenvalue weighted by atomic mass is 16.5. The largest absolute Gasteiger partial charge is 0.380 e. The van der Waals surface area contributed by atoms with Gasteiger partial charge in [0.05, 0.1) is 11.6 Å². The van der Waals surface area contributed by atoms with Crippen LogP contribution in [0.3, 0.4) is 0 Å². The number of rotatable bonds is 6. The van der Waals surface area contributed by atoms with Gasteiger partial charge < -0.3 is 15.8 Å². The van der Waals surface area contributed by atoms with E-state index in [0.29, 0.717) is 6.54 Å². The van der Waals surface area contributed by atoms with Gasteiger partial charge in [-0.15, -0.1) is 0 Å². The fourth-order valence-corrected chi connectivity index (χ4v) is 1.34. The van der Waals surface area contributed by atoms with Gasteiger partial charge in [-0.1, -0.05) is 0 Å². The van der Waals surface area contributed by atoms with Crippen LogP contribution in [0.4, 0.5) is 0 Å². The Morgan fingerprint density at radius 3 is 2.62 bits per heavy atom. The van der Waals surface area contributed by atoms with E-state index in [2.05, 4.69) is 19.2 Å². The first-order valence-corrected chi connectivity index (χ1v) is 5.10. The van der Waals surface area contributed by atoms with E-state index < -0.39 is 0 Å². The predicted octanol–water partition coefficient (Wildman–Crippen LogP) is 0.738. The first-order chi connectivity index (χ1) is 6.12. The second-order valence-corrected chi connectivity index (χ2v) is 4.32. The Kier molecular flexibility index (Phi) is 3.71. The molecule has 1 rings (SSSR count). The summed E-state index contributed by atoms with van der Waals surface area (Å²) >= 11 is 0. The van der Waals surface area contributed by atoms with E-state index in [9.17, 15) is 0 Å². The van der Waals surface area contributed by atoms with Crippen molar-refractivity contribution < 1.29 is 4.74 Å². The summed E-state index contributed by atoms with van der Waals surface area (Å²) in [7, 11) is 1.73. The fourth-order valence-electron chi connectivity index (χ4n) is 1.34. The van der Waals surface area contributed by atoms with Gasteiger partial charge in [0, 0.05) is 13.7 Å². The Hall–Kier alpha value is -0.120. The van der Waals surface area contributed by atoms with Crippen molar-refractivity contribution in [1.82, 2.24) is 5.32 Å². The molecule has 0 spiro atoms. The summed E-state index contributed by atoms with van der Waals surface area (Å²) in [5, 5.41) is 3.51. The van der Waals surface area contributed by atoms with E-state index in [1.165, 1.54) is 12.8 Å². The number of ether oxygens (including phenoxy) is 1.